The average Bonchev–Trinajstić information content (AvgIpc) is 2.38. The van der Waals surface area contributed by atoms with Gasteiger partial charge in [-0.15, -0.1) is 0 Å². The van der Waals surface area contributed by atoms with Crippen molar-refractivity contribution >= 4 is 21.6 Å². The molecule has 1 aliphatic rings. The van der Waals surface area contributed by atoms with Crippen molar-refractivity contribution in [3.8, 4) is 0 Å². The monoisotopic (exact) mass is 315 g/mol. The fourth-order valence-corrected chi connectivity index (χ4v) is 2.76. The number of hydrogen-bond donors (Lipinski definition) is 2. The third-order valence-corrected chi connectivity index (χ3v) is 3.84. The van der Waals surface area contributed by atoms with Gasteiger partial charge in [0.05, 0.1) is 37.7 Å². The van der Waals surface area contributed by atoms with Crippen LogP contribution in [0.2, 0.25) is 0 Å². The molecular formula is C13H18BrNO3. The van der Waals surface area contributed by atoms with E-state index in [2.05, 4.69) is 20.8 Å². The van der Waals surface area contributed by atoms with Crippen molar-refractivity contribution in [3.63, 3.8) is 0 Å². The normalized spacial score (nSPS) is 22.0. The molecule has 2 atom stereocenters. The maximum atomic E-state index is 9.55. The van der Waals surface area contributed by atoms with Crippen LogP contribution >= 0.6 is 15.9 Å². The standard InChI is InChI=1S/C13H18BrNO3/c1-9(17)10-2-3-13(12(14)6-10)15-4-5-18-8-11(15)7-16/h2-3,6,9,11,16-17H,4-5,7-8H2,1H3/t9-,11?/m0/s1. The van der Waals surface area contributed by atoms with Crippen molar-refractivity contribution in [3.05, 3.63) is 28.2 Å². The van der Waals surface area contributed by atoms with E-state index >= 15 is 0 Å². The number of hydrogen-bond acceptors (Lipinski definition) is 4. The summed E-state index contributed by atoms with van der Waals surface area (Å²) in [6, 6.07) is 5.80. The van der Waals surface area contributed by atoms with Crippen molar-refractivity contribution in [2.45, 2.75) is 19.1 Å². The first-order valence-corrected chi connectivity index (χ1v) is 6.85. The summed E-state index contributed by atoms with van der Waals surface area (Å²) >= 11 is 3.53. The van der Waals surface area contributed by atoms with Crippen LogP contribution in [-0.2, 0) is 4.74 Å². The van der Waals surface area contributed by atoms with E-state index in [-0.39, 0.29) is 12.6 Å². The van der Waals surface area contributed by atoms with E-state index in [4.69, 9.17) is 4.74 Å². The van der Waals surface area contributed by atoms with Gasteiger partial charge in [0.1, 0.15) is 0 Å². The maximum absolute atomic E-state index is 9.55. The molecule has 1 aromatic rings. The van der Waals surface area contributed by atoms with Crippen molar-refractivity contribution in [1.82, 2.24) is 0 Å². The zero-order chi connectivity index (χ0) is 13.1. The van der Waals surface area contributed by atoms with E-state index in [0.717, 1.165) is 22.3 Å². The minimum absolute atomic E-state index is 0.00699. The predicted molar refractivity (Wildman–Crippen MR) is 73.8 cm³/mol. The van der Waals surface area contributed by atoms with Crippen LogP contribution in [0.3, 0.4) is 0 Å². The molecule has 5 heteroatoms. The van der Waals surface area contributed by atoms with Crippen LogP contribution in [0.5, 0.6) is 0 Å². The molecule has 100 valence electrons. The molecule has 1 heterocycles. The van der Waals surface area contributed by atoms with Gasteiger partial charge in [-0.25, -0.2) is 0 Å². The highest BCUT2D eigenvalue weighted by Gasteiger charge is 2.24. The first-order valence-electron chi connectivity index (χ1n) is 6.06. The molecule has 1 aromatic carbocycles. The summed E-state index contributed by atoms with van der Waals surface area (Å²) in [5.74, 6) is 0. The third kappa shape index (κ3) is 2.85. The Labute approximate surface area is 115 Å². The average molecular weight is 316 g/mol. The summed E-state index contributed by atoms with van der Waals surface area (Å²) in [6.07, 6.45) is -0.478. The molecule has 2 N–H and O–H groups in total. The van der Waals surface area contributed by atoms with Gasteiger partial charge in [-0.1, -0.05) is 6.07 Å². The molecule has 0 bridgehead atoms. The second-order valence-electron chi connectivity index (χ2n) is 4.49. The zero-order valence-electron chi connectivity index (χ0n) is 10.3. The Morgan fingerprint density at radius 3 is 2.94 bits per heavy atom. The zero-order valence-corrected chi connectivity index (χ0v) is 11.9. The molecule has 0 aliphatic carbocycles. The Balaban J connectivity index is 2.26. The highest BCUT2D eigenvalue weighted by atomic mass is 79.9. The van der Waals surface area contributed by atoms with E-state index < -0.39 is 6.10 Å². The molecule has 1 saturated heterocycles. The van der Waals surface area contributed by atoms with E-state index in [1.807, 2.05) is 18.2 Å². The van der Waals surface area contributed by atoms with Crippen LogP contribution in [0.4, 0.5) is 5.69 Å². The fraction of sp³-hybridized carbons (Fsp3) is 0.538. The molecule has 0 spiro atoms. The van der Waals surface area contributed by atoms with Gasteiger partial charge in [0.25, 0.3) is 0 Å². The van der Waals surface area contributed by atoms with Crippen molar-refractivity contribution in [2.24, 2.45) is 0 Å². The Kier molecular flexibility index (Phi) is 4.61. The fourth-order valence-electron chi connectivity index (χ4n) is 2.14. The minimum Gasteiger partial charge on any atom is -0.394 e. The Hall–Kier alpha value is -0.620. The van der Waals surface area contributed by atoms with Crippen LogP contribution in [0.1, 0.15) is 18.6 Å². The lowest BCUT2D eigenvalue weighted by Crippen LogP contribution is -2.47. The van der Waals surface area contributed by atoms with Crippen molar-refractivity contribution in [2.75, 3.05) is 31.3 Å². The number of anilines is 1. The molecule has 4 nitrogen and oxygen atoms in total. The number of morpholine rings is 1. The Morgan fingerprint density at radius 2 is 2.33 bits per heavy atom. The summed E-state index contributed by atoms with van der Waals surface area (Å²) in [4.78, 5) is 2.14. The smallest absolute Gasteiger partial charge is 0.0762 e. The first kappa shape index (κ1) is 13.8. The van der Waals surface area contributed by atoms with Crippen LogP contribution < -0.4 is 4.90 Å². The van der Waals surface area contributed by atoms with Gasteiger partial charge in [0.2, 0.25) is 0 Å². The highest BCUT2D eigenvalue weighted by molar-refractivity contribution is 9.10. The minimum atomic E-state index is -0.478. The molecular weight excluding hydrogens is 298 g/mol. The van der Waals surface area contributed by atoms with Crippen LogP contribution in [0.15, 0.2) is 22.7 Å². The SMILES string of the molecule is C[C@H](O)c1ccc(N2CCOCC2CO)c(Br)c1. The number of halogens is 1. The molecule has 18 heavy (non-hydrogen) atoms. The molecule has 1 unspecified atom stereocenters. The third-order valence-electron chi connectivity index (χ3n) is 3.20. The second kappa shape index (κ2) is 6.02. The van der Waals surface area contributed by atoms with Gasteiger partial charge in [-0.05, 0) is 40.5 Å². The van der Waals surface area contributed by atoms with Gasteiger partial charge in [-0.3, -0.25) is 0 Å². The Morgan fingerprint density at radius 1 is 1.56 bits per heavy atom. The Bertz CT molecular complexity index is 411. The number of aliphatic hydroxyl groups excluding tert-OH is 2. The summed E-state index contributed by atoms with van der Waals surface area (Å²) in [6.45, 7) is 3.79. The highest BCUT2D eigenvalue weighted by Crippen LogP contribution is 2.31. The number of rotatable bonds is 3. The maximum Gasteiger partial charge on any atom is 0.0762 e. The number of aliphatic hydroxyl groups is 2. The van der Waals surface area contributed by atoms with Crippen molar-refractivity contribution in [1.29, 1.82) is 0 Å². The van der Waals surface area contributed by atoms with Crippen LogP contribution in [0, 0.1) is 0 Å². The van der Waals surface area contributed by atoms with Crippen LogP contribution in [-0.4, -0.2) is 42.6 Å². The molecule has 2 rings (SSSR count). The van der Waals surface area contributed by atoms with Gasteiger partial charge in [0, 0.05) is 11.0 Å². The van der Waals surface area contributed by atoms with E-state index in [1.54, 1.807) is 6.92 Å². The van der Waals surface area contributed by atoms with Gasteiger partial charge < -0.3 is 19.8 Å². The number of nitrogens with zero attached hydrogens (tertiary/aromatic N) is 1. The predicted octanol–water partition coefficient (Wildman–Crippen LogP) is 1.70. The van der Waals surface area contributed by atoms with Crippen molar-refractivity contribution < 1.29 is 14.9 Å². The largest absolute Gasteiger partial charge is 0.394 e. The number of ether oxygens (including phenoxy) is 1. The van der Waals surface area contributed by atoms with Gasteiger partial charge >= 0.3 is 0 Å². The number of benzene rings is 1. The van der Waals surface area contributed by atoms with E-state index in [1.165, 1.54) is 0 Å². The van der Waals surface area contributed by atoms with Gasteiger partial charge in [-0.2, -0.15) is 0 Å². The quantitative estimate of drug-likeness (QED) is 0.891. The lowest BCUT2D eigenvalue weighted by atomic mass is 10.1. The topological polar surface area (TPSA) is 52.9 Å². The van der Waals surface area contributed by atoms with E-state index in [9.17, 15) is 10.2 Å². The molecule has 1 fully saturated rings. The summed E-state index contributed by atoms with van der Waals surface area (Å²) in [7, 11) is 0. The summed E-state index contributed by atoms with van der Waals surface area (Å²) < 4.78 is 6.30. The molecule has 1 aliphatic heterocycles. The molecule has 0 aromatic heterocycles. The van der Waals surface area contributed by atoms with E-state index in [0.29, 0.717) is 13.2 Å². The summed E-state index contributed by atoms with van der Waals surface area (Å²) in [5, 5.41) is 18.9. The second-order valence-corrected chi connectivity index (χ2v) is 5.35. The van der Waals surface area contributed by atoms with Gasteiger partial charge in [0.15, 0.2) is 0 Å². The first-order chi connectivity index (χ1) is 8.63. The molecule has 0 saturated carbocycles. The lowest BCUT2D eigenvalue weighted by Gasteiger charge is -2.37. The molecule has 0 radical (unpaired) electrons. The lowest BCUT2D eigenvalue weighted by molar-refractivity contribution is 0.0726. The molecule has 0 amide bonds. The summed E-state index contributed by atoms with van der Waals surface area (Å²) in [5.41, 5.74) is 1.90. The van der Waals surface area contributed by atoms with Crippen LogP contribution in [0.25, 0.3) is 0 Å².